The second-order valence-electron chi connectivity index (χ2n) is 7.05. The summed E-state index contributed by atoms with van der Waals surface area (Å²) in [5.41, 5.74) is 0.557. The van der Waals surface area contributed by atoms with Crippen LogP contribution in [0.4, 0.5) is 0 Å². The van der Waals surface area contributed by atoms with Crippen LogP contribution in [0, 0.1) is 11.8 Å². The second kappa shape index (κ2) is 11.9. The number of halogens is 1. The molecule has 1 saturated carbocycles. The smallest absolute Gasteiger partial charge is 0.305 e. The molecule has 0 aromatic heterocycles. The van der Waals surface area contributed by atoms with Crippen molar-refractivity contribution < 1.29 is 24.2 Å². The number of rotatable bonds is 11. The van der Waals surface area contributed by atoms with Gasteiger partial charge in [-0.2, -0.15) is 0 Å². The van der Waals surface area contributed by atoms with E-state index < -0.39 is 6.10 Å². The van der Waals surface area contributed by atoms with E-state index in [0.29, 0.717) is 37.4 Å². The molecule has 0 amide bonds. The largest absolute Gasteiger partial charge is 0.493 e. The second-order valence-corrected chi connectivity index (χ2v) is 7.61. The molecule has 0 saturated heterocycles. The predicted octanol–water partition coefficient (Wildman–Crippen LogP) is 4.16. The molecule has 1 N–H and O–H groups in total. The molecule has 0 spiro atoms. The summed E-state index contributed by atoms with van der Waals surface area (Å²) in [6.07, 6.45) is 7.70. The van der Waals surface area contributed by atoms with Gasteiger partial charge in [0.1, 0.15) is 12.0 Å². The van der Waals surface area contributed by atoms with E-state index in [4.69, 9.17) is 21.1 Å². The third kappa shape index (κ3) is 6.95. The summed E-state index contributed by atoms with van der Waals surface area (Å²) in [5.74, 6) is 0.508. The summed E-state index contributed by atoms with van der Waals surface area (Å²) in [4.78, 5) is 22.2. The summed E-state index contributed by atoms with van der Waals surface area (Å²) in [6.45, 7) is 2.57. The van der Waals surface area contributed by atoms with Gasteiger partial charge in [0.25, 0.3) is 0 Å². The number of carbonyl (C=O) groups is 2. The average molecular weight is 409 g/mol. The van der Waals surface area contributed by atoms with Gasteiger partial charge in [-0.1, -0.05) is 24.3 Å². The summed E-state index contributed by atoms with van der Waals surface area (Å²) >= 11 is 6.46. The lowest BCUT2D eigenvalue weighted by Gasteiger charge is -2.22. The molecule has 0 unspecified atom stereocenters. The standard InChI is InChI=1S/C22H29ClO5/c1-2-27-22(26)11-6-4-3-5-10-18-19(21(25)13-20(18)23)15-28-17-9-7-8-16(12-17)14-24/h3,5,7-9,12,14,18-21,25H,2,4,6,10-11,13,15H2,1H3/b5-3-/t18-,19-,20-,21-/m1/s1. The molecule has 1 aromatic rings. The number of ether oxygens (including phenoxy) is 2. The number of hydrogen-bond acceptors (Lipinski definition) is 5. The Morgan fingerprint density at radius 1 is 1.32 bits per heavy atom. The number of alkyl halides is 1. The van der Waals surface area contributed by atoms with Crippen molar-refractivity contribution in [3.05, 3.63) is 42.0 Å². The lowest BCUT2D eigenvalue weighted by atomic mass is 9.92. The van der Waals surface area contributed by atoms with Gasteiger partial charge >= 0.3 is 5.97 Å². The Bertz CT molecular complexity index is 660. The monoisotopic (exact) mass is 408 g/mol. The fourth-order valence-electron chi connectivity index (χ4n) is 3.53. The summed E-state index contributed by atoms with van der Waals surface area (Å²) in [6, 6.07) is 6.97. The number of benzene rings is 1. The number of aliphatic hydroxyl groups excluding tert-OH is 1. The minimum atomic E-state index is -0.501. The molecule has 0 heterocycles. The van der Waals surface area contributed by atoms with Crippen LogP contribution in [0.25, 0.3) is 0 Å². The van der Waals surface area contributed by atoms with Crippen molar-refractivity contribution in [3.63, 3.8) is 0 Å². The summed E-state index contributed by atoms with van der Waals surface area (Å²) < 4.78 is 10.7. The lowest BCUT2D eigenvalue weighted by molar-refractivity contribution is -0.143. The zero-order valence-corrected chi connectivity index (χ0v) is 17.0. The summed E-state index contributed by atoms with van der Waals surface area (Å²) in [5, 5.41) is 10.3. The van der Waals surface area contributed by atoms with E-state index in [9.17, 15) is 14.7 Å². The van der Waals surface area contributed by atoms with Gasteiger partial charge in [-0.15, -0.1) is 11.6 Å². The first-order chi connectivity index (χ1) is 13.5. The van der Waals surface area contributed by atoms with Gasteiger partial charge in [-0.25, -0.2) is 0 Å². The number of carbonyl (C=O) groups excluding carboxylic acids is 2. The van der Waals surface area contributed by atoms with Gasteiger partial charge in [-0.05, 0) is 50.7 Å². The van der Waals surface area contributed by atoms with E-state index in [1.54, 1.807) is 31.2 Å². The Labute approximate surface area is 171 Å². The average Bonchev–Trinajstić information content (AvgIpc) is 2.95. The lowest BCUT2D eigenvalue weighted by Crippen LogP contribution is -2.27. The van der Waals surface area contributed by atoms with Crippen molar-refractivity contribution >= 4 is 23.9 Å². The van der Waals surface area contributed by atoms with Crippen LogP contribution in [0.5, 0.6) is 5.75 Å². The van der Waals surface area contributed by atoms with Gasteiger partial charge in [-0.3, -0.25) is 9.59 Å². The van der Waals surface area contributed by atoms with Gasteiger partial charge in [0.05, 0.1) is 19.3 Å². The molecule has 1 fully saturated rings. The first kappa shape index (κ1) is 22.4. The molecule has 5 nitrogen and oxygen atoms in total. The maximum Gasteiger partial charge on any atom is 0.305 e. The Hall–Kier alpha value is -1.85. The topological polar surface area (TPSA) is 72.8 Å². The van der Waals surface area contributed by atoms with Crippen LogP contribution < -0.4 is 4.74 Å². The van der Waals surface area contributed by atoms with Crippen molar-refractivity contribution in [1.29, 1.82) is 0 Å². The van der Waals surface area contributed by atoms with Gasteiger partial charge in [0.15, 0.2) is 0 Å². The molecule has 0 radical (unpaired) electrons. The fraction of sp³-hybridized carbons (Fsp3) is 0.545. The van der Waals surface area contributed by atoms with Gasteiger partial charge in [0, 0.05) is 23.3 Å². The highest BCUT2D eigenvalue weighted by Gasteiger charge is 2.41. The van der Waals surface area contributed by atoms with E-state index in [1.165, 1.54) is 0 Å². The molecular weight excluding hydrogens is 380 g/mol. The van der Waals surface area contributed by atoms with Crippen LogP contribution in [0.2, 0.25) is 0 Å². The van der Waals surface area contributed by atoms with E-state index in [-0.39, 0.29) is 23.2 Å². The zero-order valence-electron chi connectivity index (χ0n) is 16.3. The molecular formula is C22H29ClO5. The number of aliphatic hydroxyl groups is 1. The summed E-state index contributed by atoms with van der Waals surface area (Å²) in [7, 11) is 0. The number of hydrogen-bond donors (Lipinski definition) is 1. The third-order valence-corrected chi connectivity index (χ3v) is 5.55. The molecule has 4 atom stereocenters. The molecule has 0 bridgehead atoms. The number of aldehydes is 1. The highest BCUT2D eigenvalue weighted by Crippen LogP contribution is 2.39. The van der Waals surface area contributed by atoms with Crippen molar-refractivity contribution in [3.8, 4) is 5.75 Å². The van der Waals surface area contributed by atoms with E-state index in [2.05, 4.69) is 12.2 Å². The SMILES string of the molecule is CCOC(=O)CCC/C=C\C[C@@H]1[C@@H](COc2cccc(C=O)c2)[C@H](O)C[C@H]1Cl. The van der Waals surface area contributed by atoms with E-state index in [1.807, 2.05) is 0 Å². The van der Waals surface area contributed by atoms with Crippen molar-refractivity contribution in [2.45, 2.75) is 50.5 Å². The number of allylic oxidation sites excluding steroid dienone is 2. The van der Waals surface area contributed by atoms with Crippen molar-refractivity contribution in [1.82, 2.24) is 0 Å². The van der Waals surface area contributed by atoms with E-state index >= 15 is 0 Å². The first-order valence-electron chi connectivity index (χ1n) is 9.86. The first-order valence-corrected chi connectivity index (χ1v) is 10.3. The Kier molecular flexibility index (Phi) is 9.51. The Morgan fingerprint density at radius 3 is 2.89 bits per heavy atom. The highest BCUT2D eigenvalue weighted by atomic mass is 35.5. The zero-order chi connectivity index (χ0) is 20.4. The molecule has 6 heteroatoms. The Morgan fingerprint density at radius 2 is 2.14 bits per heavy atom. The minimum Gasteiger partial charge on any atom is -0.493 e. The van der Waals surface area contributed by atoms with Crippen molar-refractivity contribution in [2.24, 2.45) is 11.8 Å². The third-order valence-electron chi connectivity index (χ3n) is 5.04. The van der Waals surface area contributed by atoms with Crippen molar-refractivity contribution in [2.75, 3.05) is 13.2 Å². The molecule has 28 heavy (non-hydrogen) atoms. The molecule has 1 aromatic carbocycles. The quantitative estimate of drug-likeness (QED) is 0.196. The predicted molar refractivity (Wildman–Crippen MR) is 109 cm³/mol. The van der Waals surface area contributed by atoms with Crippen LogP contribution in [0.1, 0.15) is 49.4 Å². The van der Waals surface area contributed by atoms with Crippen LogP contribution >= 0.6 is 11.6 Å². The molecule has 154 valence electrons. The minimum absolute atomic E-state index is 0.0634. The number of unbranched alkanes of at least 4 members (excludes halogenated alkanes) is 1. The maximum atomic E-state index is 11.3. The van der Waals surface area contributed by atoms with E-state index in [0.717, 1.165) is 25.5 Å². The highest BCUT2D eigenvalue weighted by molar-refractivity contribution is 6.21. The van der Waals surface area contributed by atoms with Crippen LogP contribution in [-0.4, -0.2) is 42.1 Å². The molecule has 1 aliphatic rings. The normalized spacial score (nSPS) is 24.4. The molecule has 1 aliphatic carbocycles. The van der Waals surface area contributed by atoms with Gasteiger partial charge < -0.3 is 14.6 Å². The van der Waals surface area contributed by atoms with Gasteiger partial charge in [0.2, 0.25) is 0 Å². The Balaban J connectivity index is 1.81. The molecule has 2 rings (SSSR count). The maximum absolute atomic E-state index is 11.3. The van der Waals surface area contributed by atoms with Crippen LogP contribution in [0.3, 0.4) is 0 Å². The molecule has 0 aliphatic heterocycles. The fourth-order valence-corrected chi connectivity index (χ4v) is 4.00. The van der Waals surface area contributed by atoms with Crippen LogP contribution in [-0.2, 0) is 9.53 Å². The van der Waals surface area contributed by atoms with Crippen LogP contribution in [0.15, 0.2) is 36.4 Å². The number of esters is 1.